The normalized spacial score (nSPS) is 10.7. The molecule has 0 heterocycles. The number of hydrogen-bond donors (Lipinski definition) is 2. The second-order valence-corrected chi connectivity index (χ2v) is 6.00. The molecule has 6 nitrogen and oxygen atoms in total. The number of nitrogens with zero attached hydrogens (tertiary/aromatic N) is 1. The number of para-hydroxylation sites is 1. The predicted octanol–water partition coefficient (Wildman–Crippen LogP) is 4.06. The molecule has 0 aliphatic carbocycles. The third kappa shape index (κ3) is 4.98. The lowest BCUT2D eigenvalue weighted by Crippen LogP contribution is -2.17. The van der Waals surface area contributed by atoms with Crippen LogP contribution >= 0.6 is 0 Å². The highest BCUT2D eigenvalue weighted by atomic mass is 16.5. The molecule has 0 bridgehead atoms. The van der Waals surface area contributed by atoms with Gasteiger partial charge in [0.25, 0.3) is 5.91 Å². The fourth-order valence-electron chi connectivity index (χ4n) is 2.71. The lowest BCUT2D eigenvalue weighted by molar-refractivity contribution is -0.112. The molecule has 0 aromatic heterocycles. The van der Waals surface area contributed by atoms with E-state index in [0.29, 0.717) is 11.3 Å². The van der Waals surface area contributed by atoms with Gasteiger partial charge in [-0.15, -0.1) is 0 Å². The van der Waals surface area contributed by atoms with Crippen LogP contribution in [0.25, 0.3) is 0 Å². The summed E-state index contributed by atoms with van der Waals surface area (Å²) in [7, 11) is 1.32. The highest BCUT2D eigenvalue weighted by Crippen LogP contribution is 2.23. The first-order valence-electron chi connectivity index (χ1n) is 9.01. The van der Waals surface area contributed by atoms with Crippen LogP contribution in [0.2, 0.25) is 0 Å². The van der Waals surface area contributed by atoms with Crippen molar-refractivity contribution < 1.29 is 14.3 Å². The van der Waals surface area contributed by atoms with Crippen molar-refractivity contribution in [1.29, 1.82) is 5.26 Å². The van der Waals surface area contributed by atoms with E-state index in [0.717, 1.165) is 29.7 Å². The Bertz CT molecular complexity index is 903. The number of ether oxygens (including phenoxy) is 1. The third-order valence-electron chi connectivity index (χ3n) is 4.29. The van der Waals surface area contributed by atoms with Gasteiger partial charge in [-0.1, -0.05) is 32.0 Å². The molecule has 2 aromatic rings. The van der Waals surface area contributed by atoms with Gasteiger partial charge in [0.2, 0.25) is 0 Å². The second kappa shape index (κ2) is 9.93. The maximum atomic E-state index is 12.6. The quantitative estimate of drug-likeness (QED) is 0.431. The maximum absolute atomic E-state index is 12.6. The van der Waals surface area contributed by atoms with Gasteiger partial charge < -0.3 is 15.4 Å². The Morgan fingerprint density at radius 3 is 2.18 bits per heavy atom. The molecule has 6 heteroatoms. The molecule has 0 spiro atoms. The molecular formula is C22H23N3O3. The number of rotatable bonds is 7. The molecule has 0 fully saturated rings. The van der Waals surface area contributed by atoms with Crippen LogP contribution in [0.1, 0.15) is 35.3 Å². The van der Waals surface area contributed by atoms with Gasteiger partial charge in [-0.25, -0.2) is 4.79 Å². The maximum Gasteiger partial charge on any atom is 0.337 e. The van der Waals surface area contributed by atoms with Crippen molar-refractivity contribution in [2.75, 3.05) is 17.7 Å². The Morgan fingerprint density at radius 2 is 1.68 bits per heavy atom. The van der Waals surface area contributed by atoms with Crippen molar-refractivity contribution in [2.24, 2.45) is 0 Å². The number of hydrogen-bond acceptors (Lipinski definition) is 5. The first-order valence-corrected chi connectivity index (χ1v) is 9.01. The van der Waals surface area contributed by atoms with Crippen molar-refractivity contribution in [2.45, 2.75) is 26.7 Å². The lowest BCUT2D eigenvalue weighted by atomic mass is 10.0. The molecule has 0 atom stereocenters. The standard InChI is InChI=1S/C22H23N3O3/c1-4-15-7-6-8-16(5-2)20(15)25-21(26)18(13-23)14-24-19-11-9-17(10-12-19)22(27)28-3/h6-12,14,24H,4-5H2,1-3H3,(H,25,26)/b18-14-. The van der Waals surface area contributed by atoms with Crippen LogP contribution in [0, 0.1) is 11.3 Å². The van der Waals surface area contributed by atoms with Crippen LogP contribution in [0.4, 0.5) is 11.4 Å². The van der Waals surface area contributed by atoms with Gasteiger partial charge in [0.15, 0.2) is 0 Å². The number of carbonyl (C=O) groups excluding carboxylic acids is 2. The van der Waals surface area contributed by atoms with Crippen LogP contribution in [-0.4, -0.2) is 19.0 Å². The van der Waals surface area contributed by atoms with Crippen LogP contribution in [-0.2, 0) is 22.4 Å². The predicted molar refractivity (Wildman–Crippen MR) is 109 cm³/mol. The van der Waals surface area contributed by atoms with Gasteiger partial charge >= 0.3 is 5.97 Å². The molecule has 28 heavy (non-hydrogen) atoms. The van der Waals surface area contributed by atoms with Crippen LogP contribution in [0.3, 0.4) is 0 Å². The molecule has 0 aliphatic rings. The molecule has 0 radical (unpaired) electrons. The summed E-state index contributed by atoms with van der Waals surface area (Å²) in [6.07, 6.45) is 2.91. The summed E-state index contributed by atoms with van der Waals surface area (Å²) >= 11 is 0. The fraction of sp³-hybridized carbons (Fsp3) is 0.227. The van der Waals surface area contributed by atoms with E-state index in [1.807, 2.05) is 38.1 Å². The Labute approximate surface area is 164 Å². The monoisotopic (exact) mass is 377 g/mol. The Balaban J connectivity index is 2.16. The minimum Gasteiger partial charge on any atom is -0.465 e. The van der Waals surface area contributed by atoms with E-state index in [-0.39, 0.29) is 5.57 Å². The van der Waals surface area contributed by atoms with E-state index in [4.69, 9.17) is 0 Å². The number of carbonyl (C=O) groups is 2. The highest BCUT2D eigenvalue weighted by Gasteiger charge is 2.14. The van der Waals surface area contributed by atoms with E-state index >= 15 is 0 Å². The Kier molecular flexibility index (Phi) is 7.35. The van der Waals surface area contributed by atoms with E-state index in [9.17, 15) is 14.9 Å². The number of methoxy groups -OCH3 is 1. The summed E-state index contributed by atoms with van der Waals surface area (Å²) in [5.74, 6) is -0.905. The minimum absolute atomic E-state index is 0.0509. The van der Waals surface area contributed by atoms with Crippen LogP contribution in [0.5, 0.6) is 0 Å². The van der Waals surface area contributed by atoms with E-state index < -0.39 is 11.9 Å². The second-order valence-electron chi connectivity index (χ2n) is 6.00. The van der Waals surface area contributed by atoms with Gasteiger partial charge in [0.05, 0.1) is 12.7 Å². The van der Waals surface area contributed by atoms with Crippen molar-refractivity contribution >= 4 is 23.3 Å². The minimum atomic E-state index is -0.475. The molecule has 0 saturated carbocycles. The zero-order chi connectivity index (χ0) is 20.5. The molecule has 0 aliphatic heterocycles. The average molecular weight is 377 g/mol. The average Bonchev–Trinajstić information content (AvgIpc) is 2.74. The number of nitriles is 1. The van der Waals surface area contributed by atoms with Gasteiger partial charge in [-0.2, -0.15) is 5.26 Å². The number of esters is 1. The van der Waals surface area contributed by atoms with Crippen LogP contribution < -0.4 is 10.6 Å². The smallest absolute Gasteiger partial charge is 0.337 e. The van der Waals surface area contributed by atoms with Gasteiger partial charge in [-0.05, 0) is 48.2 Å². The topological polar surface area (TPSA) is 91.2 Å². The molecule has 1 amide bonds. The van der Waals surface area contributed by atoms with Crippen LogP contribution in [0.15, 0.2) is 54.2 Å². The molecule has 2 aromatic carbocycles. The van der Waals surface area contributed by atoms with E-state index in [1.165, 1.54) is 13.3 Å². The summed E-state index contributed by atoms with van der Waals surface area (Å²) in [5, 5.41) is 15.1. The number of nitrogens with one attached hydrogen (secondary N) is 2. The molecule has 0 unspecified atom stereocenters. The summed E-state index contributed by atoms with van der Waals surface area (Å²) in [6.45, 7) is 4.04. The van der Waals surface area contributed by atoms with Gasteiger partial charge in [0.1, 0.15) is 11.6 Å². The van der Waals surface area contributed by atoms with E-state index in [2.05, 4.69) is 15.4 Å². The molecule has 2 N–H and O–H groups in total. The van der Waals surface area contributed by atoms with E-state index in [1.54, 1.807) is 24.3 Å². The SMILES string of the molecule is CCc1cccc(CC)c1NC(=O)/C(C#N)=C\Nc1ccc(C(=O)OC)cc1. The van der Waals surface area contributed by atoms with Crippen molar-refractivity contribution in [3.05, 3.63) is 70.9 Å². The number of benzene rings is 2. The molecule has 144 valence electrons. The molecular weight excluding hydrogens is 354 g/mol. The van der Waals surface area contributed by atoms with Crippen molar-refractivity contribution in [1.82, 2.24) is 0 Å². The molecule has 2 rings (SSSR count). The Morgan fingerprint density at radius 1 is 1.07 bits per heavy atom. The number of aryl methyl sites for hydroxylation is 2. The lowest BCUT2D eigenvalue weighted by Gasteiger charge is -2.14. The Hall–Kier alpha value is -3.59. The fourth-order valence-corrected chi connectivity index (χ4v) is 2.71. The summed E-state index contributed by atoms with van der Waals surface area (Å²) in [5.41, 5.74) is 3.81. The highest BCUT2D eigenvalue weighted by molar-refractivity contribution is 6.07. The zero-order valence-electron chi connectivity index (χ0n) is 16.2. The van der Waals surface area contributed by atoms with Crippen molar-refractivity contribution in [3.63, 3.8) is 0 Å². The van der Waals surface area contributed by atoms with Gasteiger partial charge in [0, 0.05) is 17.6 Å². The van der Waals surface area contributed by atoms with Crippen molar-refractivity contribution in [3.8, 4) is 6.07 Å². The summed E-state index contributed by atoms with van der Waals surface area (Å²) in [4.78, 5) is 24.0. The van der Waals surface area contributed by atoms with Gasteiger partial charge in [-0.3, -0.25) is 4.79 Å². The summed E-state index contributed by atoms with van der Waals surface area (Å²) in [6, 6.07) is 14.3. The first kappa shape index (κ1) is 20.7. The molecule has 0 saturated heterocycles. The third-order valence-corrected chi connectivity index (χ3v) is 4.29. The zero-order valence-corrected chi connectivity index (χ0v) is 16.2. The first-order chi connectivity index (χ1) is 13.5. The number of amides is 1. The largest absolute Gasteiger partial charge is 0.465 e. The number of anilines is 2. The summed E-state index contributed by atoms with van der Waals surface area (Å²) < 4.78 is 4.65.